The molecule has 0 aromatic heterocycles. The highest BCUT2D eigenvalue weighted by molar-refractivity contribution is 14.1. The van der Waals surface area contributed by atoms with E-state index in [1.807, 2.05) is 45.9 Å². The van der Waals surface area contributed by atoms with Gasteiger partial charge < -0.3 is 9.47 Å². The normalized spacial score (nSPS) is 16.7. The molecule has 0 atom stereocenters. The second-order valence-corrected chi connectivity index (χ2v) is 9.97. The first-order valence-corrected chi connectivity index (χ1v) is 12.2. The van der Waals surface area contributed by atoms with Crippen molar-refractivity contribution in [3.63, 3.8) is 0 Å². The predicted molar refractivity (Wildman–Crippen MR) is 137 cm³/mol. The summed E-state index contributed by atoms with van der Waals surface area (Å²) in [6.07, 6.45) is 1.84. The second-order valence-electron chi connectivity index (χ2n) is 7.80. The third kappa shape index (κ3) is 5.64. The van der Waals surface area contributed by atoms with Crippen LogP contribution in [0, 0.1) is 9.39 Å². The number of hydrogen-bond donors (Lipinski definition) is 0. The van der Waals surface area contributed by atoms with E-state index in [9.17, 15) is 9.18 Å². The van der Waals surface area contributed by atoms with E-state index in [-0.39, 0.29) is 30.4 Å². The number of thioether (sulfide) groups is 1. The summed E-state index contributed by atoms with van der Waals surface area (Å²) in [5.41, 5.74) is 1.28. The molecular formula is C24H26FIN2O3S. The van der Waals surface area contributed by atoms with Gasteiger partial charge in [-0.1, -0.05) is 18.2 Å². The summed E-state index contributed by atoms with van der Waals surface area (Å²) in [5.74, 6) is 0.688. The number of halogens is 2. The lowest BCUT2D eigenvalue weighted by Gasteiger charge is -2.20. The van der Waals surface area contributed by atoms with Crippen LogP contribution < -0.4 is 9.47 Å². The number of amidine groups is 1. The van der Waals surface area contributed by atoms with Gasteiger partial charge in [0.1, 0.15) is 12.4 Å². The van der Waals surface area contributed by atoms with Crippen LogP contribution in [0.3, 0.4) is 0 Å². The Labute approximate surface area is 206 Å². The molecule has 1 saturated heterocycles. The van der Waals surface area contributed by atoms with Crippen LogP contribution in [0.4, 0.5) is 4.39 Å². The number of aliphatic imine (C=N–C) groups is 1. The molecule has 5 nitrogen and oxygen atoms in total. The number of nitrogens with zero attached hydrogens (tertiary/aromatic N) is 2. The van der Waals surface area contributed by atoms with Crippen molar-refractivity contribution in [2.75, 3.05) is 7.11 Å². The van der Waals surface area contributed by atoms with Crippen molar-refractivity contribution in [2.45, 2.75) is 46.4 Å². The third-order valence-corrected chi connectivity index (χ3v) is 6.40. The number of benzene rings is 2. The molecule has 32 heavy (non-hydrogen) atoms. The van der Waals surface area contributed by atoms with Crippen LogP contribution in [-0.4, -0.2) is 35.2 Å². The van der Waals surface area contributed by atoms with Crippen molar-refractivity contribution in [3.05, 3.63) is 61.8 Å². The zero-order valence-corrected chi connectivity index (χ0v) is 21.7. The van der Waals surface area contributed by atoms with Gasteiger partial charge in [0.25, 0.3) is 5.91 Å². The summed E-state index contributed by atoms with van der Waals surface area (Å²) in [6.45, 7) is 8.03. The fourth-order valence-corrected chi connectivity index (χ4v) is 5.15. The molecular weight excluding hydrogens is 542 g/mol. The molecule has 2 aromatic rings. The van der Waals surface area contributed by atoms with Gasteiger partial charge in [0.2, 0.25) is 0 Å². The zero-order chi connectivity index (χ0) is 23.4. The number of rotatable bonds is 7. The Bertz CT molecular complexity index is 1070. The quantitative estimate of drug-likeness (QED) is 0.299. The molecule has 1 fully saturated rings. The molecule has 0 unspecified atom stereocenters. The van der Waals surface area contributed by atoms with Crippen LogP contribution in [0.2, 0.25) is 0 Å². The minimum atomic E-state index is -0.312. The first kappa shape index (κ1) is 24.6. The van der Waals surface area contributed by atoms with Crippen molar-refractivity contribution in [3.8, 4) is 11.5 Å². The first-order chi connectivity index (χ1) is 15.2. The number of carbonyl (C=O) groups is 1. The summed E-state index contributed by atoms with van der Waals surface area (Å²) < 4.78 is 26.2. The number of ether oxygens (including phenoxy) is 2. The Balaban J connectivity index is 1.89. The van der Waals surface area contributed by atoms with Crippen LogP contribution in [0.5, 0.6) is 11.5 Å². The molecule has 0 N–H and O–H groups in total. The van der Waals surface area contributed by atoms with Crippen LogP contribution in [0.25, 0.3) is 6.08 Å². The Hall–Kier alpha value is -2.07. The van der Waals surface area contributed by atoms with Crippen molar-refractivity contribution in [1.82, 2.24) is 4.90 Å². The maximum Gasteiger partial charge on any atom is 0.266 e. The SMILES string of the molecule is COc1cc(/C=C2/SC(=NC(C)C)N(C(C)C)C2=O)cc(I)c1OCc1ccccc1F. The van der Waals surface area contributed by atoms with E-state index >= 15 is 0 Å². The maximum absolute atomic E-state index is 13.9. The van der Waals surface area contributed by atoms with Crippen molar-refractivity contribution in [1.29, 1.82) is 0 Å². The molecule has 0 aliphatic carbocycles. The molecule has 2 aromatic carbocycles. The minimum Gasteiger partial charge on any atom is -0.493 e. The first-order valence-electron chi connectivity index (χ1n) is 10.3. The van der Waals surface area contributed by atoms with Gasteiger partial charge in [-0.05, 0) is 91.9 Å². The van der Waals surface area contributed by atoms with Gasteiger partial charge in [0, 0.05) is 17.6 Å². The summed E-state index contributed by atoms with van der Waals surface area (Å²) in [5, 5.41) is 0.720. The Morgan fingerprint density at radius 1 is 1.22 bits per heavy atom. The molecule has 0 radical (unpaired) electrons. The maximum atomic E-state index is 13.9. The number of carbonyl (C=O) groups excluding carboxylic acids is 1. The van der Waals surface area contributed by atoms with Gasteiger partial charge >= 0.3 is 0 Å². The van der Waals surface area contributed by atoms with E-state index in [0.29, 0.717) is 22.0 Å². The molecule has 0 bridgehead atoms. The molecule has 1 heterocycles. The van der Waals surface area contributed by atoms with E-state index in [1.54, 1.807) is 30.2 Å². The van der Waals surface area contributed by atoms with Gasteiger partial charge in [0.15, 0.2) is 16.7 Å². The lowest BCUT2D eigenvalue weighted by molar-refractivity contribution is -0.123. The lowest BCUT2D eigenvalue weighted by Crippen LogP contribution is -2.35. The lowest BCUT2D eigenvalue weighted by atomic mass is 10.1. The monoisotopic (exact) mass is 568 g/mol. The molecule has 0 saturated carbocycles. The highest BCUT2D eigenvalue weighted by atomic mass is 127. The van der Waals surface area contributed by atoms with Gasteiger partial charge in [0.05, 0.1) is 15.6 Å². The zero-order valence-electron chi connectivity index (χ0n) is 18.7. The van der Waals surface area contributed by atoms with E-state index < -0.39 is 0 Å². The summed E-state index contributed by atoms with van der Waals surface area (Å²) in [4.78, 5) is 20.0. The molecule has 8 heteroatoms. The van der Waals surface area contributed by atoms with E-state index in [4.69, 9.17) is 9.47 Å². The van der Waals surface area contributed by atoms with Gasteiger partial charge in [-0.15, -0.1) is 0 Å². The summed E-state index contributed by atoms with van der Waals surface area (Å²) in [7, 11) is 1.56. The topological polar surface area (TPSA) is 51.1 Å². The van der Waals surface area contributed by atoms with Gasteiger partial charge in [-0.25, -0.2) is 4.39 Å². The predicted octanol–water partition coefficient (Wildman–Crippen LogP) is 6.11. The minimum absolute atomic E-state index is 0.0160. The molecule has 1 aliphatic rings. The molecule has 0 spiro atoms. The molecule has 3 rings (SSSR count). The fourth-order valence-electron chi connectivity index (χ4n) is 3.13. The Morgan fingerprint density at radius 3 is 2.56 bits per heavy atom. The van der Waals surface area contributed by atoms with Gasteiger partial charge in [-0.2, -0.15) is 0 Å². The largest absolute Gasteiger partial charge is 0.493 e. The van der Waals surface area contributed by atoms with Crippen molar-refractivity contribution >= 4 is 51.5 Å². The Morgan fingerprint density at radius 2 is 1.94 bits per heavy atom. The smallest absolute Gasteiger partial charge is 0.266 e. The van der Waals surface area contributed by atoms with Crippen molar-refractivity contribution < 1.29 is 18.7 Å². The molecule has 1 amide bonds. The van der Waals surface area contributed by atoms with Crippen molar-refractivity contribution in [2.24, 2.45) is 4.99 Å². The Kier molecular flexibility index (Phi) is 8.21. The van der Waals surface area contributed by atoms with E-state index in [0.717, 1.165) is 14.3 Å². The number of methoxy groups -OCH3 is 1. The summed E-state index contributed by atoms with van der Waals surface area (Å²) in [6, 6.07) is 10.4. The highest BCUT2D eigenvalue weighted by Gasteiger charge is 2.35. The van der Waals surface area contributed by atoms with Crippen LogP contribution in [-0.2, 0) is 11.4 Å². The van der Waals surface area contributed by atoms with E-state index in [1.165, 1.54) is 17.8 Å². The average Bonchev–Trinajstić information content (AvgIpc) is 3.02. The molecule has 170 valence electrons. The third-order valence-electron chi connectivity index (χ3n) is 4.60. The average molecular weight is 568 g/mol. The summed E-state index contributed by atoms with van der Waals surface area (Å²) >= 11 is 3.54. The van der Waals surface area contributed by atoms with Gasteiger partial charge in [-0.3, -0.25) is 14.7 Å². The van der Waals surface area contributed by atoms with Crippen LogP contribution in [0.15, 0.2) is 46.3 Å². The molecule has 1 aliphatic heterocycles. The number of hydrogen-bond acceptors (Lipinski definition) is 5. The van der Waals surface area contributed by atoms with Crippen LogP contribution in [0.1, 0.15) is 38.8 Å². The highest BCUT2D eigenvalue weighted by Crippen LogP contribution is 2.38. The van der Waals surface area contributed by atoms with E-state index in [2.05, 4.69) is 27.6 Å². The fraction of sp³-hybridized carbons (Fsp3) is 0.333. The number of amides is 1. The van der Waals surface area contributed by atoms with Crippen LogP contribution >= 0.6 is 34.4 Å². The standard InChI is InChI=1S/C24H26FIN2O3S/c1-14(2)27-24-28(15(3)4)23(29)21(32-24)12-16-10-19(26)22(20(11-16)30-5)31-13-17-8-6-7-9-18(17)25/h6-12,14-15H,13H2,1-5H3/b21-12+,27-24?. The second kappa shape index (κ2) is 10.7.